The van der Waals surface area contributed by atoms with E-state index in [-0.39, 0.29) is 11.8 Å². The summed E-state index contributed by atoms with van der Waals surface area (Å²) < 4.78 is 0. The summed E-state index contributed by atoms with van der Waals surface area (Å²) in [6.45, 7) is 0. The number of hydrogen-bond donors (Lipinski definition) is 3. The monoisotopic (exact) mass is 437 g/mol. The molecule has 2 aromatic carbocycles. The smallest absolute Gasteiger partial charge is 0.226 e. The lowest BCUT2D eigenvalue weighted by atomic mass is 9.86. The number of nitrogens with one attached hydrogen (secondary N) is 3. The van der Waals surface area contributed by atoms with Gasteiger partial charge in [-0.25, -0.2) is 0 Å². The van der Waals surface area contributed by atoms with Crippen LogP contribution in [0.3, 0.4) is 0 Å². The standard InChI is InChI=1S/C25H31N3O2S/c29-23(17-11-19-7-3-1-4-8-19)26-21-13-15-22(16-14-21)27-25(31)28-24(30)18-12-20-9-5-2-6-10-20/h1,3-4,7-8,13-16,20H,2,5-6,9-12,17-18H2,(H,26,29)(H2,27,28,30,31). The lowest BCUT2D eigenvalue weighted by molar-refractivity contribution is -0.120. The SMILES string of the molecule is O=C(CCC1CCCCC1)NC(=S)Nc1ccc(NC(=O)CCc2ccccc2)cc1. The molecule has 3 N–H and O–H groups in total. The fourth-order valence-electron chi connectivity index (χ4n) is 3.93. The predicted molar refractivity (Wildman–Crippen MR) is 130 cm³/mol. The van der Waals surface area contributed by atoms with Crippen molar-refractivity contribution in [2.75, 3.05) is 10.6 Å². The third kappa shape index (κ3) is 8.50. The van der Waals surface area contributed by atoms with Crippen LogP contribution in [0.4, 0.5) is 11.4 Å². The van der Waals surface area contributed by atoms with Crippen molar-refractivity contribution in [1.29, 1.82) is 0 Å². The Morgan fingerprint density at radius 2 is 1.45 bits per heavy atom. The van der Waals surface area contributed by atoms with E-state index in [9.17, 15) is 9.59 Å². The molecule has 1 aliphatic rings. The Morgan fingerprint density at radius 3 is 2.13 bits per heavy atom. The van der Waals surface area contributed by atoms with Gasteiger partial charge in [0.25, 0.3) is 0 Å². The second-order valence-electron chi connectivity index (χ2n) is 8.16. The molecule has 2 aromatic rings. The quantitative estimate of drug-likeness (QED) is 0.482. The zero-order chi connectivity index (χ0) is 21.9. The summed E-state index contributed by atoms with van der Waals surface area (Å²) in [7, 11) is 0. The lowest BCUT2D eigenvalue weighted by Gasteiger charge is -2.21. The normalized spacial score (nSPS) is 13.9. The molecule has 3 rings (SSSR count). The predicted octanol–water partition coefficient (Wildman–Crippen LogP) is 5.43. The molecule has 0 aromatic heterocycles. The Bertz CT molecular complexity index is 862. The highest BCUT2D eigenvalue weighted by molar-refractivity contribution is 7.80. The molecule has 0 bridgehead atoms. The van der Waals surface area contributed by atoms with Crippen LogP contribution >= 0.6 is 12.2 Å². The molecule has 1 fully saturated rings. The molecule has 0 heterocycles. The van der Waals surface area contributed by atoms with Crippen molar-refractivity contribution < 1.29 is 9.59 Å². The summed E-state index contributed by atoms with van der Waals surface area (Å²) in [4.78, 5) is 24.3. The van der Waals surface area contributed by atoms with Gasteiger partial charge in [0, 0.05) is 24.2 Å². The lowest BCUT2D eigenvalue weighted by Crippen LogP contribution is -2.34. The number of amides is 2. The number of aryl methyl sites for hydroxylation is 1. The van der Waals surface area contributed by atoms with Gasteiger partial charge in [-0.3, -0.25) is 9.59 Å². The fraction of sp³-hybridized carbons (Fsp3) is 0.400. The van der Waals surface area contributed by atoms with Gasteiger partial charge in [0.05, 0.1) is 0 Å². The van der Waals surface area contributed by atoms with Gasteiger partial charge in [-0.2, -0.15) is 0 Å². The van der Waals surface area contributed by atoms with Crippen LogP contribution in [0.2, 0.25) is 0 Å². The Labute approximate surface area is 190 Å². The topological polar surface area (TPSA) is 70.2 Å². The molecule has 1 saturated carbocycles. The third-order valence-electron chi connectivity index (χ3n) is 5.67. The van der Waals surface area contributed by atoms with Crippen molar-refractivity contribution in [3.8, 4) is 0 Å². The molecular formula is C25H31N3O2S. The fourth-order valence-corrected chi connectivity index (χ4v) is 4.16. The Hall–Kier alpha value is -2.73. The van der Waals surface area contributed by atoms with Crippen molar-refractivity contribution in [1.82, 2.24) is 5.32 Å². The Kier molecular flexibility index (Phi) is 9.03. The van der Waals surface area contributed by atoms with Gasteiger partial charge in [-0.15, -0.1) is 0 Å². The van der Waals surface area contributed by atoms with E-state index in [0.717, 1.165) is 23.4 Å². The van der Waals surface area contributed by atoms with E-state index in [1.807, 2.05) is 54.6 Å². The van der Waals surface area contributed by atoms with E-state index in [2.05, 4.69) is 16.0 Å². The number of rotatable bonds is 8. The number of benzene rings is 2. The van der Waals surface area contributed by atoms with E-state index in [1.165, 1.54) is 32.1 Å². The average Bonchev–Trinajstić information content (AvgIpc) is 2.79. The highest BCUT2D eigenvalue weighted by Crippen LogP contribution is 2.27. The molecule has 5 nitrogen and oxygen atoms in total. The average molecular weight is 438 g/mol. The van der Waals surface area contributed by atoms with Crippen molar-refractivity contribution in [3.63, 3.8) is 0 Å². The molecule has 0 unspecified atom stereocenters. The highest BCUT2D eigenvalue weighted by Gasteiger charge is 2.15. The number of thiocarbonyl (C=S) groups is 1. The minimum Gasteiger partial charge on any atom is -0.332 e. The van der Waals surface area contributed by atoms with Gasteiger partial charge in [0.15, 0.2) is 5.11 Å². The molecule has 1 aliphatic carbocycles. The highest BCUT2D eigenvalue weighted by atomic mass is 32.1. The summed E-state index contributed by atoms with van der Waals surface area (Å²) in [6, 6.07) is 17.2. The molecule has 0 saturated heterocycles. The van der Waals surface area contributed by atoms with E-state index in [0.29, 0.717) is 30.3 Å². The number of carbonyl (C=O) groups excluding carboxylic acids is 2. The Morgan fingerprint density at radius 1 is 0.806 bits per heavy atom. The van der Waals surface area contributed by atoms with Crippen molar-refractivity contribution in [3.05, 3.63) is 60.2 Å². The number of hydrogen-bond acceptors (Lipinski definition) is 3. The van der Waals surface area contributed by atoms with Crippen molar-refractivity contribution in [2.24, 2.45) is 5.92 Å². The van der Waals surface area contributed by atoms with E-state index in [1.54, 1.807) is 0 Å². The maximum atomic E-state index is 12.2. The first kappa shape index (κ1) is 22.9. The summed E-state index contributed by atoms with van der Waals surface area (Å²) >= 11 is 5.25. The molecule has 0 spiro atoms. The van der Waals surface area contributed by atoms with E-state index in [4.69, 9.17) is 12.2 Å². The number of anilines is 2. The second-order valence-corrected chi connectivity index (χ2v) is 8.56. The summed E-state index contributed by atoms with van der Waals surface area (Å²) in [6.07, 6.45) is 8.98. The molecule has 6 heteroatoms. The van der Waals surface area contributed by atoms with Crippen LogP contribution < -0.4 is 16.0 Å². The van der Waals surface area contributed by atoms with Gasteiger partial charge in [-0.1, -0.05) is 62.4 Å². The van der Waals surface area contributed by atoms with Crippen LogP contribution in [0.1, 0.15) is 56.9 Å². The van der Waals surface area contributed by atoms with Crippen LogP contribution in [0.15, 0.2) is 54.6 Å². The second kappa shape index (κ2) is 12.2. The van der Waals surface area contributed by atoms with Crippen LogP contribution in [-0.2, 0) is 16.0 Å². The summed E-state index contributed by atoms with van der Waals surface area (Å²) in [5.74, 6) is 0.618. The van der Waals surface area contributed by atoms with Crippen molar-refractivity contribution >= 4 is 40.5 Å². The minimum absolute atomic E-state index is 0.0229. The van der Waals surface area contributed by atoms with Crippen LogP contribution in [-0.4, -0.2) is 16.9 Å². The zero-order valence-corrected chi connectivity index (χ0v) is 18.7. The Balaban J connectivity index is 1.36. The van der Waals surface area contributed by atoms with E-state index >= 15 is 0 Å². The number of carbonyl (C=O) groups is 2. The molecule has 31 heavy (non-hydrogen) atoms. The van der Waals surface area contributed by atoms with E-state index < -0.39 is 0 Å². The minimum atomic E-state index is -0.0367. The van der Waals surface area contributed by atoms with Gasteiger partial charge in [0.2, 0.25) is 11.8 Å². The molecule has 0 aliphatic heterocycles. The van der Waals surface area contributed by atoms with Gasteiger partial charge in [-0.05, 0) is 60.8 Å². The van der Waals surface area contributed by atoms with Crippen LogP contribution in [0, 0.1) is 5.92 Å². The summed E-state index contributed by atoms with van der Waals surface area (Å²) in [5.41, 5.74) is 2.64. The zero-order valence-electron chi connectivity index (χ0n) is 17.9. The van der Waals surface area contributed by atoms with Gasteiger partial charge < -0.3 is 16.0 Å². The first-order valence-electron chi connectivity index (χ1n) is 11.1. The molecule has 2 amide bonds. The first-order chi connectivity index (χ1) is 15.1. The van der Waals surface area contributed by atoms with Crippen molar-refractivity contribution in [2.45, 2.75) is 57.8 Å². The largest absolute Gasteiger partial charge is 0.332 e. The maximum absolute atomic E-state index is 12.2. The molecule has 0 radical (unpaired) electrons. The first-order valence-corrected chi connectivity index (χ1v) is 11.5. The molecular weight excluding hydrogens is 406 g/mol. The van der Waals surface area contributed by atoms with Crippen LogP contribution in [0.5, 0.6) is 0 Å². The molecule has 0 atom stereocenters. The third-order valence-corrected chi connectivity index (χ3v) is 5.87. The van der Waals surface area contributed by atoms with Crippen LogP contribution in [0.25, 0.3) is 0 Å². The molecule has 164 valence electrons. The van der Waals surface area contributed by atoms with Gasteiger partial charge in [0.1, 0.15) is 0 Å². The summed E-state index contributed by atoms with van der Waals surface area (Å²) in [5, 5.41) is 8.99. The maximum Gasteiger partial charge on any atom is 0.226 e. The van der Waals surface area contributed by atoms with Gasteiger partial charge >= 0.3 is 0 Å².